The van der Waals surface area contributed by atoms with E-state index in [0.717, 1.165) is 6.29 Å². The summed E-state index contributed by atoms with van der Waals surface area (Å²) in [5, 5.41) is 7.79. The number of carbonyl (C=O) groups is 1. The number of hydrogen-bond donors (Lipinski definition) is 0. The predicted molar refractivity (Wildman–Crippen MR) is 20.9 cm³/mol. The van der Waals surface area contributed by atoms with E-state index in [1.165, 1.54) is 0 Å². The van der Waals surface area contributed by atoms with Crippen LogP contribution in [0.3, 0.4) is 0 Å². The molecule has 0 unspecified atom stereocenters. The molecule has 0 aromatic heterocycles. The van der Waals surface area contributed by atoms with Crippen molar-refractivity contribution >= 4 is 6.29 Å². The van der Waals surface area contributed by atoms with Gasteiger partial charge in [-0.1, -0.05) is 0 Å². The summed E-state index contributed by atoms with van der Waals surface area (Å²) in [6.07, 6.45) is 1.46. The second kappa shape index (κ2) is 4.16. The van der Waals surface area contributed by atoms with Gasteiger partial charge in [-0.2, -0.15) is 5.26 Å². The van der Waals surface area contributed by atoms with Gasteiger partial charge in [0.2, 0.25) is 0 Å². The third-order valence-corrected chi connectivity index (χ3v) is 0.374. The zero-order valence-corrected chi connectivity index (χ0v) is 3.35. The maximum Gasteiger partial charge on any atom is 0.121 e. The molecule has 0 aliphatic rings. The molecule has 6 heavy (non-hydrogen) atoms. The number of nitriles is 1. The van der Waals surface area contributed by atoms with Gasteiger partial charge in [0.1, 0.15) is 6.29 Å². The van der Waals surface area contributed by atoms with E-state index < -0.39 is 0 Å². The maximum atomic E-state index is 9.41. The van der Waals surface area contributed by atoms with E-state index in [0.29, 0.717) is 12.8 Å². The summed E-state index contributed by atoms with van der Waals surface area (Å²) in [4.78, 5) is 9.41. The number of rotatable bonds is 2. The minimum atomic E-state index is 0.351. The van der Waals surface area contributed by atoms with Gasteiger partial charge in [-0.05, 0) is 0 Å². The summed E-state index contributed by atoms with van der Waals surface area (Å²) < 4.78 is 0. The van der Waals surface area contributed by atoms with Crippen molar-refractivity contribution in [3.8, 4) is 6.07 Å². The summed E-state index contributed by atoms with van der Waals surface area (Å²) in [6, 6.07) is 1.84. The first-order chi connectivity index (χ1) is 2.91. The molecule has 0 aliphatic carbocycles. The van der Waals surface area contributed by atoms with Crippen LogP contribution >= 0.6 is 0 Å². The second-order valence-electron chi connectivity index (χ2n) is 0.863. The Morgan fingerprint density at radius 2 is 2.50 bits per heavy atom. The van der Waals surface area contributed by atoms with E-state index in [2.05, 4.69) is 0 Å². The number of aldehydes is 1. The smallest absolute Gasteiger partial charge is 0.121 e. The minimum absolute atomic E-state index is 0.351. The fourth-order valence-electron chi connectivity index (χ4n) is 0.123. The lowest BCUT2D eigenvalue weighted by atomic mass is 10.6. The Morgan fingerprint density at radius 1 is 1.83 bits per heavy atom. The van der Waals surface area contributed by atoms with Gasteiger partial charge < -0.3 is 4.79 Å². The van der Waals surface area contributed by atoms with Crippen molar-refractivity contribution < 1.29 is 4.79 Å². The van der Waals surface area contributed by atoms with Crippen LogP contribution in [0.25, 0.3) is 0 Å². The highest BCUT2D eigenvalue weighted by Crippen LogP contribution is 1.75. The number of carbonyl (C=O) groups excluding carboxylic acids is 1. The van der Waals surface area contributed by atoms with E-state index in [9.17, 15) is 4.79 Å². The molecule has 0 aromatic rings. The average Bonchev–Trinajstić information content (AvgIpc) is 1.61. The predicted octanol–water partition coefficient (Wildman–Crippen LogP) is 0.489. The number of nitrogens with zero attached hydrogens (tertiary/aromatic N) is 1. The van der Waals surface area contributed by atoms with E-state index in [-0.39, 0.29) is 0 Å². The summed E-state index contributed by atoms with van der Waals surface area (Å²) in [5.41, 5.74) is 0. The van der Waals surface area contributed by atoms with Gasteiger partial charge in [-0.3, -0.25) is 0 Å². The van der Waals surface area contributed by atoms with Crippen molar-refractivity contribution in [2.75, 3.05) is 0 Å². The lowest BCUT2D eigenvalue weighted by molar-refractivity contribution is -0.107. The molecule has 0 saturated heterocycles. The van der Waals surface area contributed by atoms with Gasteiger partial charge in [-0.15, -0.1) is 0 Å². The van der Waals surface area contributed by atoms with Crippen LogP contribution in [0.15, 0.2) is 0 Å². The Hall–Kier alpha value is -0.840. The molecule has 2 nitrogen and oxygen atoms in total. The van der Waals surface area contributed by atoms with Crippen LogP contribution in [-0.4, -0.2) is 6.29 Å². The van der Waals surface area contributed by atoms with Crippen molar-refractivity contribution in [2.45, 2.75) is 12.8 Å². The molecule has 2 heteroatoms. The second-order valence-corrected chi connectivity index (χ2v) is 0.863. The van der Waals surface area contributed by atoms with Crippen LogP contribution in [0.5, 0.6) is 0 Å². The highest BCUT2D eigenvalue weighted by molar-refractivity contribution is 5.49. The summed E-state index contributed by atoms with van der Waals surface area (Å²) in [7, 11) is 0. The van der Waals surface area contributed by atoms with Gasteiger partial charge in [0.05, 0.1) is 6.07 Å². The third kappa shape index (κ3) is 3.16. The molecule has 0 atom stereocenters. The Morgan fingerprint density at radius 3 is 2.67 bits per heavy atom. The molecule has 0 bridgehead atoms. The quantitative estimate of drug-likeness (QED) is 0.277. The highest BCUT2D eigenvalue weighted by atomic mass is 16.1. The Bertz CT molecular complexity index is 72.1. The molecule has 0 aliphatic heterocycles. The van der Waals surface area contributed by atoms with Crippen LogP contribution in [0, 0.1) is 11.3 Å². The molecular formula is C4H5NO. The lowest BCUT2D eigenvalue weighted by Crippen LogP contribution is -1.67. The van der Waals surface area contributed by atoms with Crippen LogP contribution in [0.1, 0.15) is 12.8 Å². The summed E-state index contributed by atoms with van der Waals surface area (Å²) in [5.74, 6) is 0. The Balaban J connectivity index is 2.72. The molecule has 0 N–H and O–H groups in total. The van der Waals surface area contributed by atoms with E-state index >= 15 is 0 Å². The molecule has 32 valence electrons. The first kappa shape index (κ1) is 5.16. The maximum absolute atomic E-state index is 9.41. The van der Waals surface area contributed by atoms with Crippen molar-refractivity contribution in [3.63, 3.8) is 0 Å². The van der Waals surface area contributed by atoms with Crippen LogP contribution in [0.4, 0.5) is 0 Å². The Labute approximate surface area is 36.4 Å². The van der Waals surface area contributed by atoms with Crippen molar-refractivity contribution in [1.82, 2.24) is 0 Å². The first-order valence-corrected chi connectivity index (χ1v) is 1.72. The first-order valence-electron chi connectivity index (χ1n) is 1.72. The van der Waals surface area contributed by atoms with Crippen molar-refractivity contribution in [2.24, 2.45) is 0 Å². The molecule has 0 amide bonds. The fraction of sp³-hybridized carbons (Fsp3) is 0.500. The van der Waals surface area contributed by atoms with Gasteiger partial charge in [0.15, 0.2) is 0 Å². The SMILES string of the molecule is N#CC[13CH2]C=O. The molecule has 0 heterocycles. The molecule has 0 saturated carbocycles. The zero-order valence-electron chi connectivity index (χ0n) is 3.35. The topological polar surface area (TPSA) is 40.9 Å². The van der Waals surface area contributed by atoms with Gasteiger partial charge in [-0.25, -0.2) is 0 Å². The third-order valence-electron chi connectivity index (χ3n) is 0.374. The number of unbranched alkanes of at least 4 members (excludes halogenated alkanes) is 1. The van der Waals surface area contributed by atoms with Crippen LogP contribution < -0.4 is 0 Å². The molecule has 0 fully saturated rings. The van der Waals surface area contributed by atoms with E-state index in [1.54, 1.807) is 0 Å². The molecular weight excluding hydrogens is 79.0 g/mol. The van der Waals surface area contributed by atoms with Gasteiger partial charge in [0.25, 0.3) is 0 Å². The molecule has 0 rings (SSSR count). The fourth-order valence-corrected chi connectivity index (χ4v) is 0.123. The van der Waals surface area contributed by atoms with Gasteiger partial charge in [0, 0.05) is 12.8 Å². The van der Waals surface area contributed by atoms with E-state index in [1.807, 2.05) is 6.07 Å². The number of hydrogen-bond acceptors (Lipinski definition) is 2. The zero-order chi connectivity index (χ0) is 4.83. The molecule has 0 spiro atoms. The standard InChI is InChI=1S/C4H5NO/c5-3-1-2-4-6/h4H,1-2H2/i2+1. The molecule has 0 aromatic carbocycles. The summed E-state index contributed by atoms with van der Waals surface area (Å²) >= 11 is 0. The van der Waals surface area contributed by atoms with Crippen LogP contribution in [0.2, 0.25) is 0 Å². The monoisotopic (exact) mass is 84.0 g/mol. The van der Waals surface area contributed by atoms with Crippen LogP contribution in [-0.2, 0) is 4.79 Å². The normalized spacial score (nSPS) is 6.50. The van der Waals surface area contributed by atoms with Crippen molar-refractivity contribution in [1.29, 1.82) is 5.26 Å². The average molecular weight is 84.1 g/mol. The summed E-state index contributed by atoms with van der Waals surface area (Å²) in [6.45, 7) is 0. The van der Waals surface area contributed by atoms with E-state index in [4.69, 9.17) is 5.26 Å². The lowest BCUT2D eigenvalue weighted by Gasteiger charge is -1.66. The molecule has 0 radical (unpaired) electrons. The van der Waals surface area contributed by atoms with Gasteiger partial charge >= 0.3 is 0 Å². The van der Waals surface area contributed by atoms with Crippen molar-refractivity contribution in [3.05, 3.63) is 0 Å². The Kier molecular flexibility index (Phi) is 3.58. The highest BCUT2D eigenvalue weighted by Gasteiger charge is 1.73. The largest absolute Gasteiger partial charge is 0.303 e. The minimum Gasteiger partial charge on any atom is -0.303 e.